The zero-order valence-electron chi connectivity index (χ0n) is 15.6. The topological polar surface area (TPSA) is 55.5 Å². The van der Waals surface area contributed by atoms with Crippen LogP contribution >= 0.6 is 0 Å². The number of aromatic nitrogens is 1. The van der Waals surface area contributed by atoms with E-state index in [2.05, 4.69) is 4.90 Å². The summed E-state index contributed by atoms with van der Waals surface area (Å²) in [6.45, 7) is 2.22. The molecule has 1 amide bonds. The monoisotopic (exact) mass is 366 g/mol. The normalized spacial score (nSPS) is 25.3. The number of piperidine rings is 1. The quantitative estimate of drug-likeness (QED) is 0.815. The van der Waals surface area contributed by atoms with Gasteiger partial charge in [-0.3, -0.25) is 9.59 Å². The number of fused-ring (bicyclic) bond motifs is 4. The van der Waals surface area contributed by atoms with E-state index < -0.39 is 0 Å². The second-order valence-electron chi connectivity index (χ2n) is 8.44. The standard InChI is InChI=1S/C22H26N2O3/c25-20-9-8-18(19-7-4-10-27-19)21-17-11-15(13-24(20)21)12-23(14-17)22(26)16-5-2-1-3-6-16/h4,7-10,15-17H,1-3,5-6,11-14H2/t15-,17+/m0/s1. The van der Waals surface area contributed by atoms with Crippen LogP contribution < -0.4 is 5.56 Å². The maximum Gasteiger partial charge on any atom is 0.250 e. The Morgan fingerprint density at radius 2 is 1.89 bits per heavy atom. The van der Waals surface area contributed by atoms with Crippen LogP contribution in [-0.2, 0) is 11.3 Å². The van der Waals surface area contributed by atoms with Crippen LogP contribution in [0.1, 0.15) is 50.1 Å². The Kier molecular flexibility index (Phi) is 4.18. The lowest BCUT2D eigenvalue weighted by Gasteiger charge is -2.44. The van der Waals surface area contributed by atoms with Crippen molar-refractivity contribution in [3.05, 3.63) is 46.6 Å². The zero-order chi connectivity index (χ0) is 18.4. The number of pyridine rings is 1. The average Bonchev–Trinajstić information content (AvgIpc) is 3.23. The third-order valence-electron chi connectivity index (χ3n) is 6.64. The molecule has 2 aliphatic heterocycles. The smallest absolute Gasteiger partial charge is 0.250 e. The fourth-order valence-corrected chi connectivity index (χ4v) is 5.44. The molecule has 142 valence electrons. The molecule has 2 fully saturated rings. The van der Waals surface area contributed by atoms with E-state index in [9.17, 15) is 9.59 Å². The van der Waals surface area contributed by atoms with Crippen LogP contribution in [0.5, 0.6) is 0 Å². The molecular weight excluding hydrogens is 340 g/mol. The summed E-state index contributed by atoms with van der Waals surface area (Å²) in [4.78, 5) is 27.7. The van der Waals surface area contributed by atoms with Crippen molar-refractivity contribution in [2.24, 2.45) is 11.8 Å². The molecule has 0 N–H and O–H groups in total. The molecule has 3 aliphatic rings. The molecule has 0 unspecified atom stereocenters. The van der Waals surface area contributed by atoms with E-state index in [1.807, 2.05) is 22.8 Å². The molecule has 0 radical (unpaired) electrons. The lowest BCUT2D eigenvalue weighted by molar-refractivity contribution is -0.139. The predicted octanol–water partition coefficient (Wildman–Crippen LogP) is 3.63. The minimum absolute atomic E-state index is 0.0575. The lowest BCUT2D eigenvalue weighted by atomic mass is 9.80. The summed E-state index contributed by atoms with van der Waals surface area (Å²) in [5.74, 6) is 1.93. The van der Waals surface area contributed by atoms with Gasteiger partial charge < -0.3 is 13.9 Å². The van der Waals surface area contributed by atoms with Gasteiger partial charge in [-0.2, -0.15) is 0 Å². The van der Waals surface area contributed by atoms with Gasteiger partial charge in [0, 0.05) is 48.8 Å². The van der Waals surface area contributed by atoms with Crippen molar-refractivity contribution < 1.29 is 9.21 Å². The van der Waals surface area contributed by atoms with Crippen LogP contribution in [0.2, 0.25) is 0 Å². The summed E-state index contributed by atoms with van der Waals surface area (Å²) < 4.78 is 7.57. The van der Waals surface area contributed by atoms with Gasteiger partial charge in [0.05, 0.1) is 6.26 Å². The Bertz CT molecular complexity index is 893. The van der Waals surface area contributed by atoms with Crippen molar-refractivity contribution in [3.8, 4) is 11.3 Å². The van der Waals surface area contributed by atoms with E-state index in [4.69, 9.17) is 4.42 Å². The zero-order valence-corrected chi connectivity index (χ0v) is 15.6. The molecule has 2 bridgehead atoms. The second-order valence-corrected chi connectivity index (χ2v) is 8.44. The van der Waals surface area contributed by atoms with Crippen molar-refractivity contribution in [1.29, 1.82) is 0 Å². The molecule has 27 heavy (non-hydrogen) atoms. The van der Waals surface area contributed by atoms with Crippen LogP contribution in [0.15, 0.2) is 39.7 Å². The van der Waals surface area contributed by atoms with E-state index in [0.717, 1.165) is 49.4 Å². The van der Waals surface area contributed by atoms with E-state index in [1.165, 1.54) is 19.3 Å². The fraction of sp³-hybridized carbons (Fsp3) is 0.545. The molecule has 1 aliphatic carbocycles. The number of hydrogen-bond acceptors (Lipinski definition) is 3. The molecule has 2 aromatic rings. The van der Waals surface area contributed by atoms with Crippen molar-refractivity contribution in [2.45, 2.75) is 51.0 Å². The third kappa shape index (κ3) is 2.93. The van der Waals surface area contributed by atoms with Crippen LogP contribution in [0.25, 0.3) is 11.3 Å². The number of carbonyl (C=O) groups excluding carboxylic acids is 1. The van der Waals surface area contributed by atoms with Crippen LogP contribution in [0, 0.1) is 11.8 Å². The summed E-state index contributed by atoms with van der Waals surface area (Å²) >= 11 is 0. The molecule has 1 saturated heterocycles. The first-order valence-electron chi connectivity index (χ1n) is 10.3. The van der Waals surface area contributed by atoms with Crippen molar-refractivity contribution in [2.75, 3.05) is 13.1 Å². The molecular formula is C22H26N2O3. The summed E-state index contributed by atoms with van der Waals surface area (Å²) in [6, 6.07) is 7.35. The molecule has 0 aromatic carbocycles. The number of likely N-dealkylation sites (tertiary alicyclic amines) is 1. The number of nitrogens with zero attached hydrogens (tertiary/aromatic N) is 2. The van der Waals surface area contributed by atoms with E-state index in [0.29, 0.717) is 18.4 Å². The summed E-state index contributed by atoms with van der Waals surface area (Å²) in [5, 5.41) is 0. The highest BCUT2D eigenvalue weighted by molar-refractivity contribution is 5.79. The molecule has 2 atom stereocenters. The number of carbonyl (C=O) groups is 1. The fourth-order valence-electron chi connectivity index (χ4n) is 5.44. The number of furan rings is 1. The maximum atomic E-state index is 13.1. The van der Waals surface area contributed by atoms with Gasteiger partial charge in [-0.05, 0) is 43.4 Å². The van der Waals surface area contributed by atoms with Crippen molar-refractivity contribution in [3.63, 3.8) is 0 Å². The Labute approximate surface area is 159 Å². The highest BCUT2D eigenvalue weighted by atomic mass is 16.3. The molecule has 5 rings (SSSR count). The molecule has 4 heterocycles. The van der Waals surface area contributed by atoms with Gasteiger partial charge in [0.25, 0.3) is 5.56 Å². The molecule has 1 saturated carbocycles. The van der Waals surface area contributed by atoms with Gasteiger partial charge in [-0.15, -0.1) is 0 Å². The first-order valence-corrected chi connectivity index (χ1v) is 10.3. The first kappa shape index (κ1) is 16.8. The SMILES string of the molecule is O=C(C1CCCCC1)N1C[C@@H]2C[C@H](C1)c1c(-c3ccco3)ccc(=O)n1C2. The van der Waals surface area contributed by atoms with E-state index in [1.54, 1.807) is 12.3 Å². The van der Waals surface area contributed by atoms with Gasteiger partial charge in [0.2, 0.25) is 5.91 Å². The number of amides is 1. The van der Waals surface area contributed by atoms with Gasteiger partial charge >= 0.3 is 0 Å². The Morgan fingerprint density at radius 1 is 1.04 bits per heavy atom. The largest absolute Gasteiger partial charge is 0.464 e. The van der Waals surface area contributed by atoms with Crippen molar-refractivity contribution in [1.82, 2.24) is 9.47 Å². The number of rotatable bonds is 2. The molecule has 5 heteroatoms. The van der Waals surface area contributed by atoms with Gasteiger partial charge in [-0.25, -0.2) is 0 Å². The summed E-state index contributed by atoms with van der Waals surface area (Å²) in [7, 11) is 0. The average molecular weight is 366 g/mol. The number of hydrogen-bond donors (Lipinski definition) is 0. The van der Waals surface area contributed by atoms with Crippen LogP contribution in [0.4, 0.5) is 0 Å². The summed E-state index contributed by atoms with van der Waals surface area (Å²) in [6.07, 6.45) is 8.42. The minimum Gasteiger partial charge on any atom is -0.464 e. The molecule has 0 spiro atoms. The van der Waals surface area contributed by atoms with Gasteiger partial charge in [0.1, 0.15) is 5.76 Å². The summed E-state index contributed by atoms with van der Waals surface area (Å²) in [5.41, 5.74) is 2.10. The van der Waals surface area contributed by atoms with E-state index in [-0.39, 0.29) is 17.4 Å². The molecule has 5 nitrogen and oxygen atoms in total. The Morgan fingerprint density at radius 3 is 2.67 bits per heavy atom. The van der Waals surface area contributed by atoms with Crippen molar-refractivity contribution >= 4 is 5.91 Å². The third-order valence-corrected chi connectivity index (χ3v) is 6.64. The lowest BCUT2D eigenvalue weighted by Crippen LogP contribution is -2.51. The second kappa shape index (κ2) is 6.70. The minimum atomic E-state index is 0.0575. The van der Waals surface area contributed by atoms with Crippen LogP contribution in [0.3, 0.4) is 0 Å². The van der Waals surface area contributed by atoms with Gasteiger partial charge in [-0.1, -0.05) is 19.3 Å². The highest BCUT2D eigenvalue weighted by Gasteiger charge is 2.39. The highest BCUT2D eigenvalue weighted by Crippen LogP contribution is 2.40. The maximum absolute atomic E-state index is 13.1. The Hall–Kier alpha value is -2.30. The predicted molar refractivity (Wildman–Crippen MR) is 102 cm³/mol. The van der Waals surface area contributed by atoms with E-state index >= 15 is 0 Å². The van der Waals surface area contributed by atoms with Crippen LogP contribution in [-0.4, -0.2) is 28.5 Å². The first-order chi connectivity index (χ1) is 13.2. The Balaban J connectivity index is 1.49. The van der Waals surface area contributed by atoms with Gasteiger partial charge in [0.15, 0.2) is 0 Å². The molecule has 2 aromatic heterocycles.